The standard InChI is InChI=1S/C56H102N6O31/c57-62-61-8-3-1-2-4-37(66)30-56(7-14-85-34-43(69)60-11-17-81-20-23-84-26-29-90-55-52(78)49(75)46(72)40(33-65)93-55,35-86-12-5-41(67)58-9-15-79-18-21-82-24-27-88-53-50(76)47(73)44(70)38(31-63)91-53)36-87-13-6-42(68)59-10-16-80-19-22-83-25-28-89-54-51(77)48(74)45(71)39(32-64)92-54/h38-40,44-55,63-65,70-78H,1-36H2,(H,58,67)(H,59,68)(H,60,69)/t38?,39?,40?,44-,45-,46-,47+,48+,49+,50?,51?,52?,53+,54+,55+,56?/m1/s1. The first-order chi connectivity index (χ1) is 44.9. The minimum absolute atomic E-state index is 0.0313. The molecule has 3 aliphatic heterocycles. The molecule has 0 aromatic rings. The summed E-state index contributed by atoms with van der Waals surface area (Å²) in [6, 6.07) is 0. The van der Waals surface area contributed by atoms with Gasteiger partial charge in [0.05, 0.1) is 145 Å². The number of ketones is 1. The molecule has 0 spiro atoms. The van der Waals surface area contributed by atoms with Crippen LogP contribution in [0.5, 0.6) is 0 Å². The summed E-state index contributed by atoms with van der Waals surface area (Å²) in [7, 11) is 0. The van der Waals surface area contributed by atoms with Crippen LogP contribution in [0.3, 0.4) is 0 Å². The third kappa shape index (κ3) is 34.4. The Morgan fingerprint density at radius 3 is 1.15 bits per heavy atom. The number of nitrogens with zero attached hydrogens (tertiary/aromatic N) is 3. The molecule has 0 aliphatic carbocycles. The first-order valence-electron chi connectivity index (χ1n) is 31.2. The third-order valence-electron chi connectivity index (χ3n) is 14.5. The van der Waals surface area contributed by atoms with Crippen molar-refractivity contribution >= 4 is 23.5 Å². The Labute approximate surface area is 538 Å². The maximum Gasteiger partial charge on any atom is 0.246 e. The van der Waals surface area contributed by atoms with Crippen molar-refractivity contribution in [3.63, 3.8) is 0 Å². The Morgan fingerprint density at radius 2 is 0.774 bits per heavy atom. The van der Waals surface area contributed by atoms with E-state index >= 15 is 0 Å². The predicted molar refractivity (Wildman–Crippen MR) is 314 cm³/mol. The van der Waals surface area contributed by atoms with Gasteiger partial charge in [-0.05, 0) is 24.8 Å². The molecule has 93 heavy (non-hydrogen) atoms. The largest absolute Gasteiger partial charge is 0.394 e. The van der Waals surface area contributed by atoms with E-state index in [1.165, 1.54) is 0 Å². The topological polar surface area (TPSA) is 534 Å². The minimum Gasteiger partial charge on any atom is -0.394 e. The van der Waals surface area contributed by atoms with Crippen molar-refractivity contribution in [3.05, 3.63) is 10.4 Å². The van der Waals surface area contributed by atoms with Crippen LogP contribution in [0, 0.1) is 5.41 Å². The molecule has 3 fully saturated rings. The average molecular weight is 1360 g/mol. The Bertz CT molecular complexity index is 1840. The summed E-state index contributed by atoms with van der Waals surface area (Å²) < 4.78 is 82.8. The number of nitrogens with one attached hydrogen (secondary N) is 3. The minimum atomic E-state index is -1.57. The number of carbonyl (C=O) groups excluding carboxylic acids is 4. The van der Waals surface area contributed by atoms with Crippen molar-refractivity contribution in [2.24, 2.45) is 10.5 Å². The number of aliphatic hydroxyl groups is 12. The number of carbonyl (C=O) groups is 4. The van der Waals surface area contributed by atoms with Crippen LogP contribution in [0.25, 0.3) is 10.4 Å². The van der Waals surface area contributed by atoms with Crippen molar-refractivity contribution in [1.29, 1.82) is 0 Å². The van der Waals surface area contributed by atoms with E-state index in [1.807, 2.05) is 0 Å². The highest BCUT2D eigenvalue weighted by atomic mass is 16.7. The number of unbranched alkanes of at least 4 members (excludes halogenated alkanes) is 2. The second-order valence-corrected chi connectivity index (χ2v) is 21.8. The zero-order chi connectivity index (χ0) is 68.1. The van der Waals surface area contributed by atoms with Crippen molar-refractivity contribution in [1.82, 2.24) is 16.0 Å². The second kappa shape index (κ2) is 50.6. The van der Waals surface area contributed by atoms with Crippen LogP contribution in [0.1, 0.15) is 51.4 Å². The zero-order valence-electron chi connectivity index (χ0n) is 52.6. The monoisotopic (exact) mass is 1350 g/mol. The summed E-state index contributed by atoms with van der Waals surface area (Å²) in [6.45, 7) is -0.246. The van der Waals surface area contributed by atoms with Crippen LogP contribution >= 0.6 is 0 Å². The van der Waals surface area contributed by atoms with E-state index in [4.69, 9.17) is 76.6 Å². The average Bonchev–Trinajstić information content (AvgIpc) is 1.09. The fourth-order valence-electron chi connectivity index (χ4n) is 9.24. The van der Waals surface area contributed by atoms with E-state index in [1.54, 1.807) is 0 Å². The van der Waals surface area contributed by atoms with Gasteiger partial charge >= 0.3 is 0 Å². The van der Waals surface area contributed by atoms with E-state index in [0.29, 0.717) is 19.3 Å². The van der Waals surface area contributed by atoms with Crippen LogP contribution in [0.4, 0.5) is 0 Å². The van der Waals surface area contributed by atoms with E-state index in [-0.39, 0.29) is 215 Å². The maximum absolute atomic E-state index is 13.7. The lowest BCUT2D eigenvalue weighted by atomic mass is 9.80. The highest BCUT2D eigenvalue weighted by Gasteiger charge is 2.46. The molecule has 6 unspecified atom stereocenters. The number of hydrogen-bond donors (Lipinski definition) is 15. The van der Waals surface area contributed by atoms with E-state index in [0.717, 1.165) is 0 Å². The van der Waals surface area contributed by atoms with Crippen LogP contribution < -0.4 is 16.0 Å². The maximum atomic E-state index is 13.7. The van der Waals surface area contributed by atoms with Gasteiger partial charge in [0.1, 0.15) is 85.6 Å². The summed E-state index contributed by atoms with van der Waals surface area (Å²) in [6.07, 6.45) is -19.2. The predicted octanol–water partition coefficient (Wildman–Crippen LogP) is -7.08. The Balaban J connectivity index is 1.45. The van der Waals surface area contributed by atoms with Crippen LogP contribution in [0.15, 0.2) is 5.11 Å². The van der Waals surface area contributed by atoms with Gasteiger partial charge in [0.25, 0.3) is 0 Å². The van der Waals surface area contributed by atoms with Gasteiger partial charge in [-0.1, -0.05) is 11.5 Å². The number of azide groups is 1. The molecule has 542 valence electrons. The quantitative estimate of drug-likeness (QED) is 0.0116. The molecule has 15 atom stereocenters. The lowest BCUT2D eigenvalue weighted by Gasteiger charge is -2.39. The summed E-state index contributed by atoms with van der Waals surface area (Å²) in [5.74, 6) is -1.30. The molecule has 3 heterocycles. The number of ether oxygens (including phenoxy) is 15. The molecule has 0 radical (unpaired) electrons. The highest BCUT2D eigenvalue weighted by Crippen LogP contribution is 2.31. The molecule has 37 heteroatoms. The summed E-state index contributed by atoms with van der Waals surface area (Å²) in [4.78, 5) is 54.8. The molecule has 0 aromatic heterocycles. The molecule has 0 saturated carbocycles. The van der Waals surface area contributed by atoms with Crippen molar-refractivity contribution in [2.45, 2.75) is 143 Å². The molecule has 15 N–H and O–H groups in total. The van der Waals surface area contributed by atoms with Crippen molar-refractivity contribution in [2.75, 3.05) is 185 Å². The third-order valence-corrected chi connectivity index (χ3v) is 14.5. The van der Waals surface area contributed by atoms with Crippen LogP contribution in [0.2, 0.25) is 0 Å². The first-order valence-corrected chi connectivity index (χ1v) is 31.2. The molecule has 3 rings (SSSR count). The summed E-state index contributed by atoms with van der Waals surface area (Å²) in [5.41, 5.74) is 7.58. The van der Waals surface area contributed by atoms with Gasteiger partial charge in [-0.15, -0.1) is 0 Å². The number of rotatable bonds is 56. The van der Waals surface area contributed by atoms with Gasteiger partial charge in [0.2, 0.25) is 17.7 Å². The van der Waals surface area contributed by atoms with Gasteiger partial charge in [0, 0.05) is 68.8 Å². The molecule has 0 bridgehead atoms. The van der Waals surface area contributed by atoms with Gasteiger partial charge in [-0.2, -0.15) is 0 Å². The van der Waals surface area contributed by atoms with E-state index in [9.17, 15) is 80.5 Å². The van der Waals surface area contributed by atoms with Crippen molar-refractivity contribution < 1.29 is 152 Å². The van der Waals surface area contributed by atoms with E-state index in [2.05, 4.69) is 26.0 Å². The summed E-state index contributed by atoms with van der Waals surface area (Å²) >= 11 is 0. The molecule has 0 aromatic carbocycles. The van der Waals surface area contributed by atoms with Gasteiger partial charge in [-0.3, -0.25) is 19.2 Å². The van der Waals surface area contributed by atoms with Gasteiger partial charge in [0.15, 0.2) is 18.9 Å². The molecular formula is C56H102N6O31. The summed E-state index contributed by atoms with van der Waals surface area (Å²) in [5, 5.41) is 129. The number of aliphatic hydroxyl groups excluding tert-OH is 12. The smallest absolute Gasteiger partial charge is 0.246 e. The fraction of sp³-hybridized carbons (Fsp3) is 0.929. The van der Waals surface area contributed by atoms with Gasteiger partial charge in [-0.25, -0.2) is 0 Å². The second-order valence-electron chi connectivity index (χ2n) is 21.8. The van der Waals surface area contributed by atoms with Crippen molar-refractivity contribution in [3.8, 4) is 0 Å². The Kier molecular flexibility index (Phi) is 45.5. The highest BCUT2D eigenvalue weighted by molar-refractivity contribution is 5.79. The lowest BCUT2D eigenvalue weighted by molar-refractivity contribution is -0.302. The van der Waals surface area contributed by atoms with Gasteiger partial charge < -0.3 is 148 Å². The number of hydrogen-bond acceptors (Lipinski definition) is 32. The SMILES string of the molecule is [N-]=[N+]=NCCCCCC(=O)CC(CCOCC(=O)NCCOCCOCCO[C@H]1OC(CO)[C@@H](O)[C@H](O)C1O)(COCCC(=O)NCCOCCOCCO[C@H]1OC(CO)[C@@H](O)[C@H](O)C1O)COCCC(=O)NCCOCCOCCO[C@H]1OC(CO)[C@@H](O)[C@H](O)C1O. The zero-order valence-corrected chi connectivity index (χ0v) is 52.6. The molecular weight excluding hydrogens is 1250 g/mol. The molecule has 37 nitrogen and oxygen atoms in total. The van der Waals surface area contributed by atoms with Crippen LogP contribution in [-0.2, 0) is 90.2 Å². The molecule has 3 amide bonds. The Morgan fingerprint density at radius 1 is 0.409 bits per heavy atom. The molecule has 3 aliphatic rings. The molecule has 3 saturated heterocycles. The normalized spacial score (nSPS) is 27.1. The van der Waals surface area contributed by atoms with E-state index < -0.39 is 123 Å². The van der Waals surface area contributed by atoms with Crippen LogP contribution in [-0.4, -0.2) is 362 Å². The fourth-order valence-corrected chi connectivity index (χ4v) is 9.24. The Hall–Kier alpha value is -3.69. The number of Topliss-reactive ketones (excluding diaryl/α,β-unsaturated/α-hetero) is 1. The lowest BCUT2D eigenvalue weighted by Crippen LogP contribution is -2.59. The first kappa shape index (κ1) is 83.5. The number of amides is 3.